The highest BCUT2D eigenvalue weighted by atomic mass is 16.5. The van der Waals surface area contributed by atoms with Gasteiger partial charge in [0.1, 0.15) is 0 Å². The molecule has 0 aliphatic carbocycles. The average molecular weight is 242 g/mol. The Hall–Kier alpha value is -0.120. The van der Waals surface area contributed by atoms with Gasteiger partial charge in [-0.1, -0.05) is 27.7 Å². The topological polar surface area (TPSA) is 38.5 Å². The van der Waals surface area contributed by atoms with E-state index < -0.39 is 0 Å². The minimum absolute atomic E-state index is 0.281. The molecule has 1 fully saturated rings. The molecule has 1 heterocycles. The SMILES string of the molecule is CCC(CC)N(CC(C)C)C1COCCC1N. The molecule has 3 nitrogen and oxygen atoms in total. The zero-order valence-corrected chi connectivity index (χ0v) is 12.0. The Morgan fingerprint density at radius 1 is 1.29 bits per heavy atom. The van der Waals surface area contributed by atoms with Crippen molar-refractivity contribution >= 4 is 0 Å². The first-order valence-electron chi connectivity index (χ1n) is 7.19. The second-order valence-electron chi connectivity index (χ2n) is 5.66. The zero-order chi connectivity index (χ0) is 12.8. The fraction of sp³-hybridized carbons (Fsp3) is 1.00. The third-order valence-corrected chi connectivity index (χ3v) is 3.79. The Balaban J connectivity index is 2.72. The van der Waals surface area contributed by atoms with Gasteiger partial charge in [-0.25, -0.2) is 0 Å². The van der Waals surface area contributed by atoms with E-state index in [2.05, 4.69) is 32.6 Å². The van der Waals surface area contributed by atoms with Gasteiger partial charge in [-0.15, -0.1) is 0 Å². The molecule has 17 heavy (non-hydrogen) atoms. The second-order valence-corrected chi connectivity index (χ2v) is 5.66. The van der Waals surface area contributed by atoms with Crippen molar-refractivity contribution in [3.05, 3.63) is 0 Å². The van der Waals surface area contributed by atoms with Crippen molar-refractivity contribution in [3.8, 4) is 0 Å². The van der Waals surface area contributed by atoms with Crippen molar-refractivity contribution in [3.63, 3.8) is 0 Å². The van der Waals surface area contributed by atoms with Gasteiger partial charge in [0.25, 0.3) is 0 Å². The third kappa shape index (κ3) is 4.23. The first kappa shape index (κ1) is 14.9. The van der Waals surface area contributed by atoms with E-state index in [9.17, 15) is 0 Å². The van der Waals surface area contributed by atoms with Crippen LogP contribution in [0.15, 0.2) is 0 Å². The summed E-state index contributed by atoms with van der Waals surface area (Å²) in [6, 6.07) is 1.34. The van der Waals surface area contributed by atoms with Crippen LogP contribution in [-0.2, 0) is 4.74 Å². The standard InChI is InChI=1S/C14H30N2O/c1-5-12(6-2)16(9-11(3)4)14-10-17-8-7-13(14)15/h11-14H,5-10,15H2,1-4H3. The summed E-state index contributed by atoms with van der Waals surface area (Å²) in [5, 5.41) is 0. The molecule has 1 rings (SSSR count). The number of hydrogen-bond donors (Lipinski definition) is 1. The molecule has 1 aliphatic rings. The molecule has 0 aromatic carbocycles. The predicted octanol–water partition coefficient (Wildman–Crippen LogP) is 2.25. The molecule has 0 spiro atoms. The summed E-state index contributed by atoms with van der Waals surface area (Å²) in [5.41, 5.74) is 6.28. The van der Waals surface area contributed by atoms with E-state index in [1.165, 1.54) is 12.8 Å². The Morgan fingerprint density at radius 3 is 2.41 bits per heavy atom. The summed E-state index contributed by atoms with van der Waals surface area (Å²) in [4.78, 5) is 2.61. The van der Waals surface area contributed by atoms with Crippen LogP contribution in [0.2, 0.25) is 0 Å². The monoisotopic (exact) mass is 242 g/mol. The fourth-order valence-corrected chi connectivity index (χ4v) is 2.82. The first-order valence-corrected chi connectivity index (χ1v) is 7.19. The molecule has 0 aromatic rings. The van der Waals surface area contributed by atoms with Crippen molar-refractivity contribution in [2.75, 3.05) is 19.8 Å². The van der Waals surface area contributed by atoms with E-state index >= 15 is 0 Å². The van der Waals surface area contributed by atoms with Gasteiger partial charge >= 0.3 is 0 Å². The number of rotatable bonds is 6. The molecule has 1 saturated heterocycles. The van der Waals surface area contributed by atoms with Gasteiger partial charge in [-0.05, 0) is 25.2 Å². The minimum atomic E-state index is 0.281. The van der Waals surface area contributed by atoms with E-state index in [1.54, 1.807) is 0 Å². The maximum absolute atomic E-state index is 6.28. The lowest BCUT2D eigenvalue weighted by atomic mass is 9.97. The molecule has 0 aromatic heterocycles. The lowest BCUT2D eigenvalue weighted by Crippen LogP contribution is -2.57. The van der Waals surface area contributed by atoms with Crippen LogP contribution in [0.1, 0.15) is 47.0 Å². The highest BCUT2D eigenvalue weighted by Crippen LogP contribution is 2.20. The molecule has 1 aliphatic heterocycles. The molecular formula is C14H30N2O. The van der Waals surface area contributed by atoms with E-state index in [0.717, 1.165) is 26.2 Å². The number of nitrogens with two attached hydrogens (primary N) is 1. The van der Waals surface area contributed by atoms with E-state index in [-0.39, 0.29) is 6.04 Å². The highest BCUT2D eigenvalue weighted by Gasteiger charge is 2.31. The molecule has 0 saturated carbocycles. The third-order valence-electron chi connectivity index (χ3n) is 3.79. The quantitative estimate of drug-likeness (QED) is 0.776. The molecule has 3 heteroatoms. The summed E-state index contributed by atoms with van der Waals surface area (Å²) < 4.78 is 5.63. The Labute approximate surface area is 107 Å². The molecule has 2 N–H and O–H groups in total. The smallest absolute Gasteiger partial charge is 0.0637 e. The largest absolute Gasteiger partial charge is 0.380 e. The van der Waals surface area contributed by atoms with Gasteiger partial charge in [0, 0.05) is 31.3 Å². The molecule has 2 atom stereocenters. The Bertz CT molecular complexity index is 204. The normalized spacial score (nSPS) is 26.1. The molecular weight excluding hydrogens is 212 g/mol. The van der Waals surface area contributed by atoms with E-state index in [4.69, 9.17) is 10.5 Å². The molecule has 0 radical (unpaired) electrons. The van der Waals surface area contributed by atoms with Gasteiger partial charge in [-0.3, -0.25) is 4.90 Å². The van der Waals surface area contributed by atoms with Crippen LogP contribution < -0.4 is 5.73 Å². The van der Waals surface area contributed by atoms with Crippen molar-refractivity contribution in [1.82, 2.24) is 4.90 Å². The molecule has 0 bridgehead atoms. The van der Waals surface area contributed by atoms with E-state index in [1.807, 2.05) is 0 Å². The van der Waals surface area contributed by atoms with Crippen molar-refractivity contribution in [2.45, 2.75) is 65.1 Å². The van der Waals surface area contributed by atoms with Crippen LogP contribution >= 0.6 is 0 Å². The minimum Gasteiger partial charge on any atom is -0.380 e. The van der Waals surface area contributed by atoms with Crippen molar-refractivity contribution in [1.29, 1.82) is 0 Å². The van der Waals surface area contributed by atoms with E-state index in [0.29, 0.717) is 18.0 Å². The Morgan fingerprint density at radius 2 is 1.94 bits per heavy atom. The average Bonchev–Trinajstić information content (AvgIpc) is 2.29. The number of hydrogen-bond acceptors (Lipinski definition) is 3. The predicted molar refractivity (Wildman–Crippen MR) is 73.1 cm³/mol. The van der Waals surface area contributed by atoms with Gasteiger partial charge in [0.2, 0.25) is 0 Å². The summed E-state index contributed by atoms with van der Waals surface area (Å²) in [7, 11) is 0. The molecule has 0 amide bonds. The number of ether oxygens (including phenoxy) is 1. The second kappa shape index (κ2) is 7.34. The van der Waals surface area contributed by atoms with Crippen molar-refractivity contribution < 1.29 is 4.74 Å². The number of nitrogens with zero attached hydrogens (tertiary/aromatic N) is 1. The van der Waals surface area contributed by atoms with Gasteiger partial charge in [-0.2, -0.15) is 0 Å². The van der Waals surface area contributed by atoms with Crippen molar-refractivity contribution in [2.24, 2.45) is 11.7 Å². The maximum Gasteiger partial charge on any atom is 0.0637 e. The van der Waals surface area contributed by atoms with Gasteiger partial charge < -0.3 is 10.5 Å². The fourth-order valence-electron chi connectivity index (χ4n) is 2.82. The van der Waals surface area contributed by atoms with Crippen LogP contribution in [-0.4, -0.2) is 42.8 Å². The summed E-state index contributed by atoms with van der Waals surface area (Å²) in [6.45, 7) is 11.9. The van der Waals surface area contributed by atoms with Crippen LogP contribution in [0.3, 0.4) is 0 Å². The summed E-state index contributed by atoms with van der Waals surface area (Å²) in [6.07, 6.45) is 3.40. The van der Waals surface area contributed by atoms with Crippen LogP contribution in [0.5, 0.6) is 0 Å². The zero-order valence-electron chi connectivity index (χ0n) is 12.0. The summed E-state index contributed by atoms with van der Waals surface area (Å²) in [5.74, 6) is 0.685. The van der Waals surface area contributed by atoms with Crippen LogP contribution in [0.25, 0.3) is 0 Å². The highest BCUT2D eigenvalue weighted by molar-refractivity contribution is 4.88. The van der Waals surface area contributed by atoms with Gasteiger partial charge in [0.15, 0.2) is 0 Å². The lowest BCUT2D eigenvalue weighted by Gasteiger charge is -2.43. The van der Waals surface area contributed by atoms with Crippen LogP contribution in [0, 0.1) is 5.92 Å². The van der Waals surface area contributed by atoms with Gasteiger partial charge in [0.05, 0.1) is 6.61 Å². The molecule has 2 unspecified atom stereocenters. The first-order chi connectivity index (χ1) is 8.10. The lowest BCUT2D eigenvalue weighted by molar-refractivity contribution is -0.0176. The Kier molecular flexibility index (Phi) is 6.45. The van der Waals surface area contributed by atoms with Crippen LogP contribution in [0.4, 0.5) is 0 Å². The maximum atomic E-state index is 6.28. The molecule has 102 valence electrons. The summed E-state index contributed by atoms with van der Waals surface area (Å²) >= 11 is 0.